The van der Waals surface area contributed by atoms with E-state index in [0.29, 0.717) is 35.8 Å². The second kappa shape index (κ2) is 8.78. The Labute approximate surface area is 194 Å². The maximum absolute atomic E-state index is 13.5. The van der Waals surface area contributed by atoms with Gasteiger partial charge in [-0.3, -0.25) is 24.4 Å². The minimum atomic E-state index is -0.755. The molecule has 0 saturated carbocycles. The third kappa shape index (κ3) is 3.91. The van der Waals surface area contributed by atoms with Crippen LogP contribution in [0.25, 0.3) is 15.3 Å². The van der Waals surface area contributed by atoms with Crippen molar-refractivity contribution in [2.24, 2.45) is 0 Å². The lowest BCUT2D eigenvalue weighted by Gasteiger charge is -2.15. The number of benzene rings is 2. The van der Waals surface area contributed by atoms with Crippen LogP contribution < -0.4 is 5.56 Å². The number of aromatic nitrogens is 3. The molecule has 7 nitrogen and oxygen atoms in total. The molecule has 0 spiro atoms. The van der Waals surface area contributed by atoms with Crippen LogP contribution in [0.4, 0.5) is 0 Å². The number of rotatable bonds is 7. The summed E-state index contributed by atoms with van der Waals surface area (Å²) in [6.45, 7) is 2.34. The van der Waals surface area contributed by atoms with Crippen molar-refractivity contribution >= 4 is 33.4 Å². The van der Waals surface area contributed by atoms with Gasteiger partial charge in [-0.25, -0.2) is 4.98 Å². The van der Waals surface area contributed by atoms with Crippen LogP contribution in [0.2, 0.25) is 0 Å². The van der Waals surface area contributed by atoms with Gasteiger partial charge in [0.1, 0.15) is 0 Å². The van der Waals surface area contributed by atoms with E-state index in [2.05, 4.69) is 10.1 Å². The Morgan fingerprint density at radius 2 is 1.79 bits per heavy atom. The predicted octanol–water partition coefficient (Wildman–Crippen LogP) is 3.81. The van der Waals surface area contributed by atoms with E-state index in [1.165, 1.54) is 20.9 Å². The molecule has 3 heterocycles. The monoisotopic (exact) mass is 460 g/mol. The molecule has 1 fully saturated rings. The third-order valence-electron chi connectivity index (χ3n) is 6.04. The lowest BCUT2D eigenvalue weighted by Crippen LogP contribution is -2.33. The Kier molecular flexibility index (Phi) is 5.68. The van der Waals surface area contributed by atoms with E-state index in [9.17, 15) is 14.4 Å². The van der Waals surface area contributed by atoms with Gasteiger partial charge >= 0.3 is 0 Å². The van der Waals surface area contributed by atoms with Crippen LogP contribution in [0.15, 0.2) is 59.4 Å². The third-order valence-corrected chi connectivity index (χ3v) is 7.06. The molecule has 1 atom stereocenters. The summed E-state index contributed by atoms with van der Waals surface area (Å²) in [6.07, 6.45) is 2.04. The summed E-state index contributed by atoms with van der Waals surface area (Å²) in [4.78, 5) is 45.4. The van der Waals surface area contributed by atoms with E-state index in [1.807, 2.05) is 61.5 Å². The number of imide groups is 1. The number of carbonyl (C=O) groups is 2. The van der Waals surface area contributed by atoms with Crippen LogP contribution in [0.1, 0.15) is 42.5 Å². The Bertz CT molecular complexity index is 1350. The summed E-state index contributed by atoms with van der Waals surface area (Å²) < 4.78 is 2.40. The Morgan fingerprint density at radius 3 is 2.55 bits per heavy atom. The molecular weight excluding hydrogens is 436 g/mol. The number of carbonyl (C=O) groups excluding carboxylic acids is 2. The Balaban J connectivity index is 1.47. The Hall–Kier alpha value is -3.52. The van der Waals surface area contributed by atoms with Crippen molar-refractivity contribution in [1.82, 2.24) is 19.7 Å². The van der Waals surface area contributed by atoms with Crippen LogP contribution in [-0.2, 0) is 22.4 Å². The molecule has 2 amide bonds. The zero-order valence-electron chi connectivity index (χ0n) is 18.3. The summed E-state index contributed by atoms with van der Waals surface area (Å²) in [5.74, 6) is -1.27. The number of nitrogens with one attached hydrogen (secondary N) is 1. The molecule has 1 N–H and O–H groups in total. The molecule has 1 aliphatic rings. The molecule has 33 heavy (non-hydrogen) atoms. The van der Waals surface area contributed by atoms with Crippen LogP contribution in [0.5, 0.6) is 0 Å². The van der Waals surface area contributed by atoms with Gasteiger partial charge in [-0.05, 0) is 30.5 Å². The topological polar surface area (TPSA) is 88.1 Å². The first-order valence-electron chi connectivity index (χ1n) is 11.1. The van der Waals surface area contributed by atoms with Gasteiger partial charge in [-0.2, -0.15) is 4.68 Å². The maximum atomic E-state index is 13.5. The van der Waals surface area contributed by atoms with E-state index in [-0.39, 0.29) is 23.8 Å². The first-order chi connectivity index (χ1) is 16.1. The SMILES string of the molecule is CCCc1[nH]n(-c2nc3ccccc3s2)c(=O)c1[C@@H]1CC(=O)N(CCc2ccccc2)C1=O. The van der Waals surface area contributed by atoms with Crippen LogP contribution in [0.3, 0.4) is 0 Å². The summed E-state index contributed by atoms with van der Waals surface area (Å²) in [7, 11) is 0. The van der Waals surface area contributed by atoms with E-state index in [1.54, 1.807) is 0 Å². The number of amides is 2. The molecule has 1 saturated heterocycles. The fourth-order valence-electron chi connectivity index (χ4n) is 4.41. The molecule has 2 aromatic carbocycles. The average Bonchev–Trinajstić information content (AvgIpc) is 3.47. The fourth-order valence-corrected chi connectivity index (χ4v) is 5.34. The summed E-state index contributed by atoms with van der Waals surface area (Å²) in [5.41, 5.74) is 2.69. The van der Waals surface area contributed by atoms with Crippen LogP contribution in [-0.4, -0.2) is 38.0 Å². The summed E-state index contributed by atoms with van der Waals surface area (Å²) >= 11 is 1.41. The van der Waals surface area contributed by atoms with E-state index >= 15 is 0 Å². The molecule has 4 aromatic rings. The highest BCUT2D eigenvalue weighted by Crippen LogP contribution is 2.31. The molecule has 0 aliphatic carbocycles. The number of nitrogens with zero attached hydrogens (tertiary/aromatic N) is 3. The standard InChI is InChI=1S/C25H24N4O3S/c1-2-8-19-22(24(32)29(27-19)25-26-18-11-6-7-12-20(18)33-25)17-15-21(30)28(23(17)31)14-13-16-9-4-3-5-10-16/h3-7,9-12,17,27H,2,8,13-15H2,1H3/t17-/m0/s1. The van der Waals surface area contributed by atoms with E-state index < -0.39 is 5.92 Å². The van der Waals surface area contributed by atoms with Crippen molar-refractivity contribution in [3.63, 3.8) is 0 Å². The second-order valence-electron chi connectivity index (χ2n) is 8.23. The summed E-state index contributed by atoms with van der Waals surface area (Å²) in [5, 5.41) is 3.71. The molecule has 0 radical (unpaired) electrons. The van der Waals surface area contributed by atoms with Crippen molar-refractivity contribution in [1.29, 1.82) is 0 Å². The number of aromatic amines is 1. The molecule has 0 bridgehead atoms. The minimum absolute atomic E-state index is 0.0251. The van der Waals surface area contributed by atoms with Crippen molar-refractivity contribution in [2.45, 2.75) is 38.5 Å². The number of para-hydroxylation sites is 1. The summed E-state index contributed by atoms with van der Waals surface area (Å²) in [6, 6.07) is 17.5. The van der Waals surface area contributed by atoms with Gasteiger partial charge in [0.05, 0.1) is 21.7 Å². The zero-order chi connectivity index (χ0) is 22.9. The molecule has 2 aromatic heterocycles. The lowest BCUT2D eigenvalue weighted by molar-refractivity contribution is -0.138. The Morgan fingerprint density at radius 1 is 1.03 bits per heavy atom. The van der Waals surface area contributed by atoms with E-state index in [4.69, 9.17) is 0 Å². The fraction of sp³-hybridized carbons (Fsp3) is 0.280. The van der Waals surface area contributed by atoms with Gasteiger partial charge in [0.25, 0.3) is 5.56 Å². The molecule has 0 unspecified atom stereocenters. The molecule has 5 rings (SSSR count). The van der Waals surface area contributed by atoms with Crippen molar-refractivity contribution in [3.05, 3.63) is 81.8 Å². The van der Waals surface area contributed by atoms with Gasteiger partial charge in [-0.15, -0.1) is 0 Å². The highest BCUT2D eigenvalue weighted by atomic mass is 32.1. The van der Waals surface area contributed by atoms with E-state index in [0.717, 1.165) is 22.2 Å². The molecule has 8 heteroatoms. The number of fused-ring (bicyclic) bond motifs is 1. The number of thiazole rings is 1. The average molecular weight is 461 g/mol. The first kappa shape index (κ1) is 21.3. The lowest BCUT2D eigenvalue weighted by atomic mass is 9.96. The normalized spacial score (nSPS) is 16.3. The molecular formula is C25H24N4O3S. The minimum Gasteiger partial charge on any atom is -0.293 e. The van der Waals surface area contributed by atoms with Gasteiger partial charge < -0.3 is 0 Å². The smallest absolute Gasteiger partial charge is 0.277 e. The number of likely N-dealkylation sites (tertiary alicyclic amines) is 1. The largest absolute Gasteiger partial charge is 0.293 e. The number of hydrogen-bond acceptors (Lipinski definition) is 5. The maximum Gasteiger partial charge on any atom is 0.277 e. The quantitative estimate of drug-likeness (QED) is 0.425. The van der Waals surface area contributed by atoms with Crippen LogP contribution in [0, 0.1) is 0 Å². The van der Waals surface area contributed by atoms with Gasteiger partial charge in [-0.1, -0.05) is 67.1 Å². The van der Waals surface area contributed by atoms with Gasteiger partial charge in [0, 0.05) is 18.7 Å². The molecule has 168 valence electrons. The number of H-pyrrole nitrogens is 1. The molecule has 1 aliphatic heterocycles. The predicted molar refractivity (Wildman–Crippen MR) is 128 cm³/mol. The van der Waals surface area contributed by atoms with Crippen molar-refractivity contribution in [2.75, 3.05) is 6.54 Å². The number of hydrogen-bond donors (Lipinski definition) is 1. The highest BCUT2D eigenvalue weighted by molar-refractivity contribution is 7.20. The van der Waals surface area contributed by atoms with Crippen molar-refractivity contribution < 1.29 is 9.59 Å². The zero-order valence-corrected chi connectivity index (χ0v) is 19.1. The van der Waals surface area contributed by atoms with Gasteiger partial charge in [0.2, 0.25) is 16.9 Å². The van der Waals surface area contributed by atoms with Crippen LogP contribution >= 0.6 is 11.3 Å². The first-order valence-corrected chi connectivity index (χ1v) is 12.0. The number of aryl methyl sites for hydroxylation is 1. The second-order valence-corrected chi connectivity index (χ2v) is 9.24. The van der Waals surface area contributed by atoms with Gasteiger partial charge in [0.15, 0.2) is 0 Å². The highest BCUT2D eigenvalue weighted by Gasteiger charge is 2.42. The van der Waals surface area contributed by atoms with Crippen molar-refractivity contribution in [3.8, 4) is 5.13 Å².